The van der Waals surface area contributed by atoms with Crippen molar-refractivity contribution in [1.29, 1.82) is 0 Å². The van der Waals surface area contributed by atoms with Crippen molar-refractivity contribution in [1.82, 2.24) is 15.1 Å². The van der Waals surface area contributed by atoms with Gasteiger partial charge in [-0.25, -0.2) is 0 Å². The van der Waals surface area contributed by atoms with E-state index in [1.807, 2.05) is 4.90 Å². The maximum Gasteiger partial charge on any atom is 0.236 e. The number of nitrogens with zero attached hydrogens (tertiary/aromatic N) is 2. The van der Waals surface area contributed by atoms with E-state index in [1.165, 1.54) is 32.5 Å². The highest BCUT2D eigenvalue weighted by Crippen LogP contribution is 2.06. The van der Waals surface area contributed by atoms with E-state index in [4.69, 9.17) is 4.74 Å². The molecule has 0 aliphatic carbocycles. The van der Waals surface area contributed by atoms with Gasteiger partial charge in [-0.1, -0.05) is 0 Å². The molecule has 1 amide bonds. The molecular formula is C13H25N3O2. The molecule has 0 unspecified atom stereocenters. The van der Waals surface area contributed by atoms with Crippen molar-refractivity contribution in [2.75, 3.05) is 59.0 Å². The van der Waals surface area contributed by atoms with Gasteiger partial charge >= 0.3 is 0 Å². The summed E-state index contributed by atoms with van der Waals surface area (Å²) >= 11 is 0. The van der Waals surface area contributed by atoms with E-state index in [1.54, 1.807) is 0 Å². The molecule has 18 heavy (non-hydrogen) atoms. The molecule has 2 heterocycles. The van der Waals surface area contributed by atoms with Crippen LogP contribution in [0.15, 0.2) is 0 Å². The van der Waals surface area contributed by atoms with Gasteiger partial charge in [0.05, 0.1) is 19.8 Å². The molecule has 104 valence electrons. The van der Waals surface area contributed by atoms with Crippen molar-refractivity contribution < 1.29 is 9.53 Å². The van der Waals surface area contributed by atoms with Gasteiger partial charge in [0.1, 0.15) is 0 Å². The van der Waals surface area contributed by atoms with Crippen LogP contribution in [-0.4, -0.2) is 74.7 Å². The van der Waals surface area contributed by atoms with E-state index < -0.39 is 0 Å². The van der Waals surface area contributed by atoms with E-state index in [2.05, 4.69) is 10.2 Å². The summed E-state index contributed by atoms with van der Waals surface area (Å²) in [7, 11) is 0. The van der Waals surface area contributed by atoms with Gasteiger partial charge in [0.25, 0.3) is 0 Å². The molecular weight excluding hydrogens is 230 g/mol. The third kappa shape index (κ3) is 4.55. The number of morpholine rings is 1. The summed E-state index contributed by atoms with van der Waals surface area (Å²) in [5, 5.41) is 3.25. The summed E-state index contributed by atoms with van der Waals surface area (Å²) in [5.74, 6) is 0.208. The van der Waals surface area contributed by atoms with Crippen molar-refractivity contribution in [3.8, 4) is 0 Å². The zero-order valence-electron chi connectivity index (χ0n) is 11.2. The molecule has 5 heteroatoms. The molecule has 1 N–H and O–H groups in total. The highest BCUT2D eigenvalue weighted by Gasteiger charge is 2.16. The summed E-state index contributed by atoms with van der Waals surface area (Å²) in [5.41, 5.74) is 0. The number of carbonyl (C=O) groups excluding carboxylic acids is 1. The molecule has 2 fully saturated rings. The maximum atomic E-state index is 11.8. The van der Waals surface area contributed by atoms with Gasteiger partial charge in [0, 0.05) is 13.1 Å². The second kappa shape index (κ2) is 7.71. The van der Waals surface area contributed by atoms with E-state index in [0.717, 1.165) is 26.1 Å². The number of likely N-dealkylation sites (tertiary alicyclic amines) is 1. The first-order chi connectivity index (χ1) is 8.86. The van der Waals surface area contributed by atoms with Gasteiger partial charge in [-0.15, -0.1) is 0 Å². The van der Waals surface area contributed by atoms with Crippen LogP contribution < -0.4 is 5.32 Å². The monoisotopic (exact) mass is 255 g/mol. The topological polar surface area (TPSA) is 44.8 Å². The Morgan fingerprint density at radius 2 is 1.83 bits per heavy atom. The van der Waals surface area contributed by atoms with Gasteiger partial charge in [-0.05, 0) is 45.4 Å². The van der Waals surface area contributed by atoms with Crippen molar-refractivity contribution in [2.45, 2.75) is 19.3 Å². The fraction of sp³-hybridized carbons (Fsp3) is 0.923. The van der Waals surface area contributed by atoms with Crippen LogP contribution in [0.25, 0.3) is 0 Å². The number of carbonyl (C=O) groups is 1. The van der Waals surface area contributed by atoms with Crippen molar-refractivity contribution in [3.05, 3.63) is 0 Å². The molecule has 2 rings (SSSR count). The predicted octanol–water partition coefficient (Wildman–Crippen LogP) is -0.0793. The second-order valence-electron chi connectivity index (χ2n) is 5.07. The first-order valence-corrected chi connectivity index (χ1v) is 7.15. The van der Waals surface area contributed by atoms with E-state index >= 15 is 0 Å². The largest absolute Gasteiger partial charge is 0.378 e. The normalized spacial score (nSPS) is 21.4. The smallest absolute Gasteiger partial charge is 0.236 e. The van der Waals surface area contributed by atoms with Crippen LogP contribution in [-0.2, 0) is 9.53 Å². The Hall–Kier alpha value is -0.650. The minimum absolute atomic E-state index is 0.208. The summed E-state index contributed by atoms with van der Waals surface area (Å²) < 4.78 is 5.23. The molecule has 0 atom stereocenters. The summed E-state index contributed by atoms with van der Waals surface area (Å²) in [6.07, 6.45) is 3.84. The zero-order chi connectivity index (χ0) is 12.6. The fourth-order valence-corrected chi connectivity index (χ4v) is 2.55. The molecule has 0 spiro atoms. The van der Waals surface area contributed by atoms with E-state index in [0.29, 0.717) is 19.8 Å². The summed E-state index contributed by atoms with van der Waals surface area (Å²) in [6.45, 7) is 7.94. The van der Waals surface area contributed by atoms with Gasteiger partial charge in [-0.2, -0.15) is 0 Å². The van der Waals surface area contributed by atoms with Gasteiger partial charge in [-0.3, -0.25) is 4.79 Å². The molecule has 2 aliphatic heterocycles. The second-order valence-corrected chi connectivity index (χ2v) is 5.07. The third-order valence-electron chi connectivity index (χ3n) is 3.67. The lowest BCUT2D eigenvalue weighted by molar-refractivity contribution is -0.134. The summed E-state index contributed by atoms with van der Waals surface area (Å²) in [6, 6.07) is 0. The quantitative estimate of drug-likeness (QED) is 0.674. The zero-order valence-corrected chi connectivity index (χ0v) is 11.2. The molecule has 2 aliphatic rings. The molecule has 0 aromatic carbocycles. The van der Waals surface area contributed by atoms with Crippen LogP contribution in [0.5, 0.6) is 0 Å². The van der Waals surface area contributed by atoms with Crippen LogP contribution in [0, 0.1) is 0 Å². The number of rotatable bonds is 6. The fourth-order valence-electron chi connectivity index (χ4n) is 2.55. The van der Waals surface area contributed by atoms with Gasteiger partial charge in [0.2, 0.25) is 5.91 Å². The molecule has 5 nitrogen and oxygen atoms in total. The predicted molar refractivity (Wildman–Crippen MR) is 70.6 cm³/mol. The lowest BCUT2D eigenvalue weighted by Gasteiger charge is -2.27. The van der Waals surface area contributed by atoms with Crippen molar-refractivity contribution in [3.63, 3.8) is 0 Å². The first kappa shape index (κ1) is 13.8. The molecule has 0 aromatic heterocycles. The molecule has 0 bridgehead atoms. The molecule has 0 saturated carbocycles. The van der Waals surface area contributed by atoms with Crippen molar-refractivity contribution in [2.24, 2.45) is 0 Å². The third-order valence-corrected chi connectivity index (χ3v) is 3.67. The SMILES string of the molecule is O=C(CNCCCN1CCCC1)N1CCOCC1. The molecule has 0 radical (unpaired) electrons. The Morgan fingerprint density at radius 1 is 1.11 bits per heavy atom. The van der Waals surface area contributed by atoms with Crippen LogP contribution in [0.4, 0.5) is 0 Å². The Balaban J connectivity index is 1.48. The van der Waals surface area contributed by atoms with Crippen LogP contribution in [0.3, 0.4) is 0 Å². The summed E-state index contributed by atoms with van der Waals surface area (Å²) in [4.78, 5) is 16.2. The minimum atomic E-state index is 0.208. The van der Waals surface area contributed by atoms with Crippen LogP contribution >= 0.6 is 0 Å². The molecule has 2 saturated heterocycles. The Bertz CT molecular complexity index is 249. The van der Waals surface area contributed by atoms with Crippen LogP contribution in [0.1, 0.15) is 19.3 Å². The van der Waals surface area contributed by atoms with E-state index in [-0.39, 0.29) is 5.91 Å². The standard InChI is InChI=1S/C13H25N3O2/c17-13(16-8-10-18-11-9-16)12-14-4-3-7-15-5-1-2-6-15/h14H,1-12H2. The maximum absolute atomic E-state index is 11.8. The number of nitrogens with one attached hydrogen (secondary N) is 1. The average Bonchev–Trinajstić information content (AvgIpc) is 2.92. The van der Waals surface area contributed by atoms with E-state index in [9.17, 15) is 4.79 Å². The first-order valence-electron chi connectivity index (χ1n) is 7.15. The van der Waals surface area contributed by atoms with Crippen molar-refractivity contribution >= 4 is 5.91 Å². The number of hydrogen-bond donors (Lipinski definition) is 1. The number of hydrogen-bond acceptors (Lipinski definition) is 4. The van der Waals surface area contributed by atoms with Gasteiger partial charge in [0.15, 0.2) is 0 Å². The lowest BCUT2D eigenvalue weighted by atomic mass is 10.3. The van der Waals surface area contributed by atoms with Gasteiger partial charge < -0.3 is 19.9 Å². The Kier molecular flexibility index (Phi) is 5.90. The van der Waals surface area contributed by atoms with Crippen LogP contribution in [0.2, 0.25) is 0 Å². The average molecular weight is 255 g/mol. The molecule has 0 aromatic rings. The Morgan fingerprint density at radius 3 is 2.56 bits per heavy atom. The number of ether oxygens (including phenoxy) is 1. The minimum Gasteiger partial charge on any atom is -0.378 e. The highest BCUT2D eigenvalue weighted by molar-refractivity contribution is 5.78. The lowest BCUT2D eigenvalue weighted by Crippen LogP contribution is -2.44. The Labute approximate surface area is 109 Å². The highest BCUT2D eigenvalue weighted by atomic mass is 16.5. The number of amides is 1.